The number of anilines is 1. The fourth-order valence-corrected chi connectivity index (χ4v) is 3.09. The Labute approximate surface area is 171 Å². The molecule has 7 nitrogen and oxygen atoms in total. The van der Waals surface area contributed by atoms with E-state index in [1.165, 1.54) is 6.92 Å². The van der Waals surface area contributed by atoms with Gasteiger partial charge >= 0.3 is 11.9 Å². The number of benzene rings is 2. The van der Waals surface area contributed by atoms with Crippen molar-refractivity contribution in [1.29, 1.82) is 0 Å². The highest BCUT2D eigenvalue weighted by Gasteiger charge is 2.21. The molecule has 0 atom stereocenters. The summed E-state index contributed by atoms with van der Waals surface area (Å²) in [6, 6.07) is 11.6. The van der Waals surface area contributed by atoms with Crippen LogP contribution in [0, 0.1) is 0 Å². The second-order valence-corrected chi connectivity index (χ2v) is 6.59. The van der Waals surface area contributed by atoms with Gasteiger partial charge in [0.15, 0.2) is 5.78 Å². The number of aromatic amines is 1. The van der Waals surface area contributed by atoms with Crippen molar-refractivity contribution >= 4 is 45.9 Å². The molecular formula is C21H19ClN2O5. The van der Waals surface area contributed by atoms with Gasteiger partial charge in [-0.15, -0.1) is 0 Å². The normalized spacial score (nSPS) is 10.6. The van der Waals surface area contributed by atoms with Crippen LogP contribution in [0.2, 0.25) is 5.02 Å². The molecule has 2 N–H and O–H groups in total. The van der Waals surface area contributed by atoms with Crippen LogP contribution in [0.5, 0.6) is 5.75 Å². The van der Waals surface area contributed by atoms with Crippen molar-refractivity contribution in [3.05, 3.63) is 58.7 Å². The lowest BCUT2D eigenvalue weighted by Gasteiger charge is -2.10. The summed E-state index contributed by atoms with van der Waals surface area (Å²) >= 11 is 6.04. The molecule has 0 unspecified atom stereocenters. The number of fused-ring (bicyclic) bond motifs is 1. The van der Waals surface area contributed by atoms with Gasteiger partial charge in [0.05, 0.1) is 24.4 Å². The summed E-state index contributed by atoms with van der Waals surface area (Å²) in [6.07, 6.45) is 0. The SMILES string of the molecule is CCOC(=O)c1[nH]c2cc(Cl)ccc2c1NCC(=O)c1ccccc1OC(C)=O. The summed E-state index contributed by atoms with van der Waals surface area (Å²) < 4.78 is 10.2. The zero-order valence-corrected chi connectivity index (χ0v) is 16.6. The van der Waals surface area contributed by atoms with Gasteiger partial charge < -0.3 is 19.8 Å². The van der Waals surface area contributed by atoms with Crippen LogP contribution in [0.3, 0.4) is 0 Å². The van der Waals surface area contributed by atoms with Gasteiger partial charge in [-0.05, 0) is 37.3 Å². The van der Waals surface area contributed by atoms with Crippen molar-refractivity contribution in [2.75, 3.05) is 18.5 Å². The molecule has 2 aromatic carbocycles. The Morgan fingerprint density at radius 1 is 1.14 bits per heavy atom. The fraction of sp³-hybridized carbons (Fsp3) is 0.190. The Kier molecular flexibility index (Phi) is 6.19. The molecule has 29 heavy (non-hydrogen) atoms. The number of halogens is 1. The molecule has 1 aromatic heterocycles. The smallest absolute Gasteiger partial charge is 0.356 e. The van der Waals surface area contributed by atoms with E-state index in [0.29, 0.717) is 21.6 Å². The average molecular weight is 415 g/mol. The van der Waals surface area contributed by atoms with Crippen LogP contribution in [-0.4, -0.2) is 35.9 Å². The molecule has 0 spiro atoms. The third-order valence-corrected chi connectivity index (χ3v) is 4.34. The average Bonchev–Trinajstić information content (AvgIpc) is 3.04. The standard InChI is InChI=1S/C21H19ClN2O5/c1-3-28-21(27)20-19(14-9-8-13(22)10-16(14)24-20)23-11-17(26)15-6-4-5-7-18(15)29-12(2)25/h4-10,23-24H,3,11H2,1-2H3. The lowest BCUT2D eigenvalue weighted by molar-refractivity contribution is -0.131. The van der Waals surface area contributed by atoms with Crippen LogP contribution in [-0.2, 0) is 9.53 Å². The number of hydrogen-bond donors (Lipinski definition) is 2. The first-order valence-electron chi connectivity index (χ1n) is 8.93. The number of ether oxygens (including phenoxy) is 2. The summed E-state index contributed by atoms with van der Waals surface area (Å²) in [6.45, 7) is 3.06. The summed E-state index contributed by atoms with van der Waals surface area (Å²) in [5.41, 5.74) is 1.53. The first-order valence-corrected chi connectivity index (χ1v) is 9.31. The Balaban J connectivity index is 1.90. The number of para-hydroxylation sites is 1. The van der Waals surface area contributed by atoms with Crippen LogP contribution in [0.4, 0.5) is 5.69 Å². The fourth-order valence-electron chi connectivity index (χ4n) is 2.91. The van der Waals surface area contributed by atoms with Gasteiger partial charge in [-0.1, -0.05) is 23.7 Å². The molecule has 0 bridgehead atoms. The van der Waals surface area contributed by atoms with Crippen LogP contribution in [0.25, 0.3) is 10.9 Å². The van der Waals surface area contributed by atoms with E-state index >= 15 is 0 Å². The molecule has 3 aromatic rings. The van der Waals surface area contributed by atoms with Gasteiger partial charge in [0.1, 0.15) is 11.4 Å². The second kappa shape index (κ2) is 8.79. The maximum Gasteiger partial charge on any atom is 0.356 e. The summed E-state index contributed by atoms with van der Waals surface area (Å²) in [5.74, 6) is -1.19. The van der Waals surface area contributed by atoms with Crippen molar-refractivity contribution < 1.29 is 23.9 Å². The molecule has 0 fully saturated rings. The number of rotatable bonds is 7. The molecule has 150 valence electrons. The van der Waals surface area contributed by atoms with Crippen LogP contribution in [0.1, 0.15) is 34.7 Å². The molecule has 0 radical (unpaired) electrons. The number of carbonyl (C=O) groups is 3. The maximum absolute atomic E-state index is 12.7. The van der Waals surface area contributed by atoms with E-state index in [4.69, 9.17) is 21.1 Å². The van der Waals surface area contributed by atoms with Gasteiger partial charge in [0.25, 0.3) is 0 Å². The number of H-pyrrole nitrogens is 1. The molecule has 8 heteroatoms. The van der Waals surface area contributed by atoms with Gasteiger partial charge in [-0.3, -0.25) is 9.59 Å². The molecule has 0 saturated heterocycles. The molecular weight excluding hydrogens is 396 g/mol. The number of carbonyl (C=O) groups excluding carboxylic acids is 3. The van der Waals surface area contributed by atoms with Crippen molar-refractivity contribution in [3.63, 3.8) is 0 Å². The number of aromatic nitrogens is 1. The summed E-state index contributed by atoms with van der Waals surface area (Å²) in [4.78, 5) is 39.3. The minimum absolute atomic E-state index is 0.125. The van der Waals surface area contributed by atoms with Gasteiger partial charge in [0.2, 0.25) is 0 Å². The predicted octanol–water partition coefficient (Wildman–Crippen LogP) is 4.22. The molecule has 0 amide bonds. The maximum atomic E-state index is 12.7. The zero-order chi connectivity index (χ0) is 21.0. The minimum Gasteiger partial charge on any atom is -0.461 e. The van der Waals surface area contributed by atoms with E-state index in [9.17, 15) is 14.4 Å². The first-order chi connectivity index (χ1) is 13.9. The lowest BCUT2D eigenvalue weighted by atomic mass is 10.1. The minimum atomic E-state index is -0.546. The molecule has 0 aliphatic rings. The third-order valence-electron chi connectivity index (χ3n) is 4.11. The highest BCUT2D eigenvalue weighted by atomic mass is 35.5. The Morgan fingerprint density at radius 2 is 1.90 bits per heavy atom. The van der Waals surface area contributed by atoms with Crippen molar-refractivity contribution in [2.24, 2.45) is 0 Å². The molecule has 0 saturated carbocycles. The van der Waals surface area contributed by atoms with E-state index in [1.807, 2.05) is 0 Å². The molecule has 0 aliphatic carbocycles. The van der Waals surface area contributed by atoms with E-state index < -0.39 is 11.9 Å². The lowest BCUT2D eigenvalue weighted by Crippen LogP contribution is -2.17. The van der Waals surface area contributed by atoms with Gasteiger partial charge in [-0.2, -0.15) is 0 Å². The Morgan fingerprint density at radius 3 is 2.62 bits per heavy atom. The summed E-state index contributed by atoms with van der Waals surface area (Å²) in [5, 5.41) is 4.21. The third kappa shape index (κ3) is 4.57. The first kappa shape index (κ1) is 20.4. The van der Waals surface area contributed by atoms with Crippen LogP contribution < -0.4 is 10.1 Å². The van der Waals surface area contributed by atoms with Crippen LogP contribution >= 0.6 is 11.6 Å². The van der Waals surface area contributed by atoms with Crippen LogP contribution in [0.15, 0.2) is 42.5 Å². The highest BCUT2D eigenvalue weighted by Crippen LogP contribution is 2.30. The highest BCUT2D eigenvalue weighted by molar-refractivity contribution is 6.31. The number of ketones is 1. The van der Waals surface area contributed by atoms with E-state index in [0.717, 1.165) is 0 Å². The van der Waals surface area contributed by atoms with Gasteiger partial charge in [-0.25, -0.2) is 4.79 Å². The Bertz CT molecular complexity index is 1090. The van der Waals surface area contributed by atoms with Crippen molar-refractivity contribution in [1.82, 2.24) is 4.98 Å². The largest absolute Gasteiger partial charge is 0.461 e. The van der Waals surface area contributed by atoms with Crippen molar-refractivity contribution in [2.45, 2.75) is 13.8 Å². The van der Waals surface area contributed by atoms with Crippen molar-refractivity contribution in [3.8, 4) is 5.75 Å². The molecule has 1 heterocycles. The molecule has 3 rings (SSSR count). The topological polar surface area (TPSA) is 97.5 Å². The van der Waals surface area contributed by atoms with E-state index in [-0.39, 0.29) is 35.9 Å². The zero-order valence-electron chi connectivity index (χ0n) is 15.9. The molecule has 0 aliphatic heterocycles. The number of hydrogen-bond acceptors (Lipinski definition) is 6. The predicted molar refractivity (Wildman–Crippen MR) is 110 cm³/mol. The number of esters is 2. The van der Waals surface area contributed by atoms with Gasteiger partial charge in [0, 0.05) is 22.8 Å². The number of Topliss-reactive ketones (excluding diaryl/α,β-unsaturated/α-hetero) is 1. The second-order valence-electron chi connectivity index (χ2n) is 6.15. The van der Waals surface area contributed by atoms with E-state index in [2.05, 4.69) is 10.3 Å². The van der Waals surface area contributed by atoms with E-state index in [1.54, 1.807) is 49.4 Å². The monoisotopic (exact) mass is 414 g/mol. The Hall–Kier alpha value is -3.32. The quantitative estimate of drug-likeness (QED) is 0.341. The summed E-state index contributed by atoms with van der Waals surface area (Å²) in [7, 11) is 0. The number of nitrogens with one attached hydrogen (secondary N) is 2.